The van der Waals surface area contributed by atoms with Crippen LogP contribution in [0.5, 0.6) is 11.5 Å². The summed E-state index contributed by atoms with van der Waals surface area (Å²) in [6.07, 6.45) is 6.50. The fourth-order valence-electron chi connectivity index (χ4n) is 5.46. The van der Waals surface area contributed by atoms with Crippen LogP contribution in [0.3, 0.4) is 0 Å². The summed E-state index contributed by atoms with van der Waals surface area (Å²) in [5, 5.41) is 5.69. The molecule has 0 radical (unpaired) electrons. The molecule has 0 bridgehead atoms. The van der Waals surface area contributed by atoms with Gasteiger partial charge in [0.05, 0.1) is 0 Å². The number of hydrogen-bond donors (Lipinski definition) is 2. The quantitative estimate of drug-likeness (QED) is 0.104. The molecular weight excluding hydrogens is 714 g/mol. The molecule has 1 saturated heterocycles. The maximum absolute atomic E-state index is 14.9. The highest BCUT2D eigenvalue weighted by Gasteiger charge is 2.45. The number of amides is 3. The minimum Gasteiger partial charge on any atom is -0.445 e. The molecule has 50 heavy (non-hydrogen) atoms. The van der Waals surface area contributed by atoms with Gasteiger partial charge >= 0.3 is 13.7 Å². The number of alkyl carbamates (subject to hydrolysis) is 1. The van der Waals surface area contributed by atoms with Crippen LogP contribution in [0.4, 0.5) is 4.79 Å². The lowest BCUT2D eigenvalue weighted by molar-refractivity contribution is -0.140. The molecule has 3 aromatic carbocycles. The second-order valence-corrected chi connectivity index (χ2v) is 16.7. The molecule has 270 valence electrons. The Morgan fingerprint density at radius 2 is 1.44 bits per heavy atom. The maximum atomic E-state index is 14.9. The topological polar surface area (TPSA) is 123 Å². The molecule has 0 aromatic heterocycles. The van der Waals surface area contributed by atoms with Crippen LogP contribution in [0, 0.1) is 5.92 Å². The number of hydrogen-bond acceptors (Lipinski definition) is 10. The van der Waals surface area contributed by atoms with Gasteiger partial charge in [-0.15, -0.1) is 23.5 Å². The van der Waals surface area contributed by atoms with Crippen molar-refractivity contribution >= 4 is 60.8 Å². The first-order valence-electron chi connectivity index (χ1n) is 16.4. The molecule has 0 aliphatic carbocycles. The number of nitrogens with one attached hydrogen (secondary N) is 2. The highest BCUT2D eigenvalue weighted by Crippen LogP contribution is 2.54. The summed E-state index contributed by atoms with van der Waals surface area (Å²) in [7, 11) is -4.13. The minimum atomic E-state index is -4.13. The molecule has 1 aliphatic rings. The van der Waals surface area contributed by atoms with E-state index in [0.717, 1.165) is 15.4 Å². The standard InChI is InChI=1S/C36H46N3O7PS3/c1-25(2)34(47(43,45-27-13-17-29(49-4)18-14-27)46-28-15-19-30(50-5)20-16-28)38-33(40)32-12-9-22-39(32)35(41)31(21-23-48-3)37-36(42)44-24-26-10-7-6-8-11-26/h6-8,10-11,13-20,25,31-32,34H,9,12,21-24H2,1-5H3,(H,37,42)(H,38,40). The number of carbonyl (C=O) groups excluding carboxylic acids is 3. The van der Waals surface area contributed by atoms with Crippen molar-refractivity contribution in [3.63, 3.8) is 0 Å². The van der Waals surface area contributed by atoms with E-state index in [9.17, 15) is 18.9 Å². The third kappa shape index (κ3) is 11.1. The van der Waals surface area contributed by atoms with Gasteiger partial charge in [-0.2, -0.15) is 11.8 Å². The monoisotopic (exact) mass is 759 g/mol. The van der Waals surface area contributed by atoms with Crippen molar-refractivity contribution in [1.29, 1.82) is 0 Å². The van der Waals surface area contributed by atoms with Crippen molar-refractivity contribution in [2.75, 3.05) is 31.1 Å². The average Bonchev–Trinajstić information content (AvgIpc) is 3.62. The van der Waals surface area contributed by atoms with Crippen LogP contribution >= 0.6 is 42.9 Å². The molecule has 1 heterocycles. The average molecular weight is 760 g/mol. The zero-order valence-corrected chi connectivity index (χ0v) is 32.4. The summed E-state index contributed by atoms with van der Waals surface area (Å²) >= 11 is 4.69. The van der Waals surface area contributed by atoms with E-state index in [1.807, 2.05) is 87.2 Å². The number of benzene rings is 3. The molecule has 4 rings (SSSR count). The molecule has 3 aromatic rings. The van der Waals surface area contributed by atoms with E-state index in [0.29, 0.717) is 43.1 Å². The molecule has 3 atom stereocenters. The molecule has 3 amide bonds. The summed E-state index contributed by atoms with van der Waals surface area (Å²) in [5.74, 6) is -0.963. The minimum absolute atomic E-state index is 0.0646. The van der Waals surface area contributed by atoms with Gasteiger partial charge in [-0.1, -0.05) is 44.2 Å². The van der Waals surface area contributed by atoms with Crippen LogP contribution < -0.4 is 19.7 Å². The maximum Gasteiger partial charge on any atom is 0.453 e. The number of carbonyl (C=O) groups is 3. The third-order valence-electron chi connectivity index (χ3n) is 8.10. The summed E-state index contributed by atoms with van der Waals surface area (Å²) in [4.78, 5) is 44.3. The lowest BCUT2D eigenvalue weighted by Crippen LogP contribution is -2.55. The predicted molar refractivity (Wildman–Crippen MR) is 203 cm³/mol. The van der Waals surface area contributed by atoms with Crippen LogP contribution in [-0.2, 0) is 25.5 Å². The molecule has 2 N–H and O–H groups in total. The Bertz CT molecular complexity index is 1540. The SMILES string of the molecule is CSCCC(NC(=O)OCc1ccccc1)C(=O)N1CCCC1C(=O)NC(C(C)C)P(=O)(Oc1ccc(SC)cc1)Oc1ccc(SC)cc1. The van der Waals surface area contributed by atoms with Gasteiger partial charge in [-0.3, -0.25) is 9.59 Å². The molecule has 3 unspecified atom stereocenters. The van der Waals surface area contributed by atoms with Gasteiger partial charge in [0.15, 0.2) is 5.78 Å². The van der Waals surface area contributed by atoms with Gasteiger partial charge in [0.2, 0.25) is 11.8 Å². The van der Waals surface area contributed by atoms with Crippen molar-refractivity contribution in [2.24, 2.45) is 5.92 Å². The summed E-state index contributed by atoms with van der Waals surface area (Å²) in [6, 6.07) is 21.9. The van der Waals surface area contributed by atoms with Gasteiger partial charge in [0.1, 0.15) is 30.2 Å². The van der Waals surface area contributed by atoms with E-state index in [2.05, 4.69) is 10.6 Å². The van der Waals surface area contributed by atoms with Crippen molar-refractivity contribution in [1.82, 2.24) is 15.5 Å². The van der Waals surface area contributed by atoms with Gasteiger partial charge in [-0.25, -0.2) is 9.36 Å². The van der Waals surface area contributed by atoms with Gasteiger partial charge in [-0.05, 0) is 104 Å². The Kier molecular flexibility index (Phi) is 15.3. The Morgan fingerprint density at radius 3 is 1.96 bits per heavy atom. The summed E-state index contributed by atoms with van der Waals surface area (Å²) in [5.41, 5.74) is 0.824. The van der Waals surface area contributed by atoms with Crippen LogP contribution in [0.25, 0.3) is 0 Å². The van der Waals surface area contributed by atoms with Crippen LogP contribution in [-0.4, -0.2) is 71.7 Å². The summed E-state index contributed by atoms with van der Waals surface area (Å²) in [6.45, 7) is 4.07. The Labute approximate surface area is 308 Å². The number of likely N-dealkylation sites (tertiary alicyclic amines) is 1. The number of nitrogens with zero attached hydrogens (tertiary/aromatic N) is 1. The van der Waals surface area contributed by atoms with Crippen molar-refractivity contribution in [2.45, 2.75) is 67.4 Å². The largest absolute Gasteiger partial charge is 0.453 e. The van der Waals surface area contributed by atoms with Crippen molar-refractivity contribution in [3.8, 4) is 11.5 Å². The van der Waals surface area contributed by atoms with Gasteiger partial charge < -0.3 is 29.3 Å². The second-order valence-electron chi connectivity index (χ2n) is 12.0. The lowest BCUT2D eigenvalue weighted by Gasteiger charge is -2.33. The van der Waals surface area contributed by atoms with Crippen molar-refractivity contribution in [3.05, 3.63) is 84.4 Å². The fourth-order valence-corrected chi connectivity index (χ4v) is 8.85. The van der Waals surface area contributed by atoms with E-state index >= 15 is 0 Å². The summed E-state index contributed by atoms with van der Waals surface area (Å²) < 4.78 is 32.6. The highest BCUT2D eigenvalue weighted by atomic mass is 32.2. The normalized spacial score (nSPS) is 15.6. The Balaban J connectivity index is 1.53. The smallest absolute Gasteiger partial charge is 0.445 e. The van der Waals surface area contributed by atoms with E-state index in [-0.39, 0.29) is 18.4 Å². The van der Waals surface area contributed by atoms with Crippen LogP contribution in [0.1, 0.15) is 38.7 Å². The fraction of sp³-hybridized carbons (Fsp3) is 0.417. The van der Waals surface area contributed by atoms with Crippen molar-refractivity contribution < 1.29 is 32.7 Å². The van der Waals surface area contributed by atoms with E-state index in [1.54, 1.807) is 59.6 Å². The third-order valence-corrected chi connectivity index (χ3v) is 12.6. The zero-order valence-electron chi connectivity index (χ0n) is 29.0. The first-order valence-corrected chi connectivity index (χ1v) is 21.9. The molecule has 0 spiro atoms. The molecule has 0 saturated carbocycles. The van der Waals surface area contributed by atoms with Gasteiger partial charge in [0, 0.05) is 16.3 Å². The van der Waals surface area contributed by atoms with Crippen LogP contribution in [0.15, 0.2) is 88.7 Å². The number of ether oxygens (including phenoxy) is 1. The number of rotatable bonds is 17. The Morgan fingerprint density at radius 1 is 0.860 bits per heavy atom. The molecule has 1 aliphatic heterocycles. The molecule has 10 nitrogen and oxygen atoms in total. The molecule has 14 heteroatoms. The zero-order chi connectivity index (χ0) is 36.1. The van der Waals surface area contributed by atoms with Gasteiger partial charge in [0.25, 0.3) is 0 Å². The first kappa shape index (κ1) is 39.5. The molecular formula is C36H46N3O7PS3. The van der Waals surface area contributed by atoms with E-state index in [4.69, 9.17) is 13.8 Å². The number of thioether (sulfide) groups is 3. The van der Waals surface area contributed by atoms with E-state index in [1.165, 1.54) is 4.90 Å². The second kappa shape index (κ2) is 19.4. The first-order chi connectivity index (χ1) is 24.1. The molecule has 1 fully saturated rings. The van der Waals surface area contributed by atoms with E-state index < -0.39 is 37.5 Å². The Hall–Kier alpha value is -3.25. The predicted octanol–water partition coefficient (Wildman–Crippen LogP) is 7.92. The highest BCUT2D eigenvalue weighted by molar-refractivity contribution is 7.99. The lowest BCUT2D eigenvalue weighted by atomic mass is 10.1. The van der Waals surface area contributed by atoms with Crippen LogP contribution in [0.2, 0.25) is 0 Å².